The van der Waals surface area contributed by atoms with Crippen molar-refractivity contribution in [2.24, 2.45) is 0 Å². The van der Waals surface area contributed by atoms with Crippen molar-refractivity contribution >= 4 is 0 Å². The fourth-order valence-electron chi connectivity index (χ4n) is 2.69. The van der Waals surface area contributed by atoms with Gasteiger partial charge in [0, 0.05) is 31.7 Å². The lowest BCUT2D eigenvalue weighted by Gasteiger charge is -2.35. The lowest BCUT2D eigenvalue weighted by Crippen LogP contribution is -2.53. The minimum Gasteiger partial charge on any atom is -0.392 e. The van der Waals surface area contributed by atoms with Gasteiger partial charge in [-0.05, 0) is 12.8 Å². The molecule has 2 aliphatic rings. The SMILES string of the molecule is CCCCC1CN2CC(O)CC2CN1. The van der Waals surface area contributed by atoms with E-state index in [4.69, 9.17) is 0 Å². The minimum absolute atomic E-state index is 0.0771. The van der Waals surface area contributed by atoms with Gasteiger partial charge in [-0.1, -0.05) is 19.8 Å². The Hall–Kier alpha value is -0.120. The van der Waals surface area contributed by atoms with Crippen LogP contribution in [0.2, 0.25) is 0 Å². The van der Waals surface area contributed by atoms with Crippen LogP contribution in [0.25, 0.3) is 0 Å². The monoisotopic (exact) mass is 198 g/mol. The second-order valence-corrected chi connectivity index (χ2v) is 4.74. The molecule has 3 unspecified atom stereocenters. The van der Waals surface area contributed by atoms with Crippen LogP contribution in [0.4, 0.5) is 0 Å². The third-order valence-electron chi connectivity index (χ3n) is 3.51. The molecule has 2 aliphatic heterocycles. The van der Waals surface area contributed by atoms with Crippen LogP contribution in [-0.4, -0.2) is 47.8 Å². The largest absolute Gasteiger partial charge is 0.392 e. The maximum Gasteiger partial charge on any atom is 0.0682 e. The van der Waals surface area contributed by atoms with Gasteiger partial charge >= 0.3 is 0 Å². The molecule has 0 radical (unpaired) electrons. The fourth-order valence-corrected chi connectivity index (χ4v) is 2.69. The first-order valence-electron chi connectivity index (χ1n) is 5.95. The zero-order valence-corrected chi connectivity index (χ0v) is 9.08. The third kappa shape index (κ3) is 2.27. The molecule has 0 aromatic heterocycles. The summed E-state index contributed by atoms with van der Waals surface area (Å²) in [6.07, 6.45) is 4.78. The van der Waals surface area contributed by atoms with Gasteiger partial charge in [-0.3, -0.25) is 4.90 Å². The molecule has 0 saturated carbocycles. The fraction of sp³-hybridized carbons (Fsp3) is 1.00. The Balaban J connectivity index is 1.79. The molecule has 3 nitrogen and oxygen atoms in total. The van der Waals surface area contributed by atoms with Gasteiger partial charge < -0.3 is 10.4 Å². The molecule has 2 rings (SSSR count). The van der Waals surface area contributed by atoms with E-state index in [0.29, 0.717) is 12.1 Å². The number of piperazine rings is 1. The summed E-state index contributed by atoms with van der Waals surface area (Å²) in [5.74, 6) is 0. The van der Waals surface area contributed by atoms with Crippen molar-refractivity contribution in [2.75, 3.05) is 19.6 Å². The van der Waals surface area contributed by atoms with E-state index < -0.39 is 0 Å². The molecule has 3 atom stereocenters. The van der Waals surface area contributed by atoms with Gasteiger partial charge in [0.15, 0.2) is 0 Å². The van der Waals surface area contributed by atoms with Gasteiger partial charge in [-0.15, -0.1) is 0 Å². The first-order chi connectivity index (χ1) is 6.79. The summed E-state index contributed by atoms with van der Waals surface area (Å²) in [6.45, 7) is 5.35. The molecular formula is C11H22N2O. The van der Waals surface area contributed by atoms with Gasteiger partial charge in [0.1, 0.15) is 0 Å². The number of aliphatic hydroxyl groups excluding tert-OH is 1. The summed E-state index contributed by atoms with van der Waals surface area (Å²) >= 11 is 0. The van der Waals surface area contributed by atoms with Crippen LogP contribution in [-0.2, 0) is 0 Å². The number of hydrogen-bond acceptors (Lipinski definition) is 3. The molecule has 2 saturated heterocycles. The molecule has 14 heavy (non-hydrogen) atoms. The number of aliphatic hydroxyl groups is 1. The molecule has 0 bridgehead atoms. The summed E-state index contributed by atoms with van der Waals surface area (Å²) < 4.78 is 0. The number of nitrogens with zero attached hydrogens (tertiary/aromatic N) is 1. The van der Waals surface area contributed by atoms with E-state index in [1.165, 1.54) is 19.3 Å². The first-order valence-corrected chi connectivity index (χ1v) is 5.95. The van der Waals surface area contributed by atoms with Gasteiger partial charge in [0.05, 0.1) is 6.10 Å². The molecule has 0 amide bonds. The van der Waals surface area contributed by atoms with E-state index in [1.807, 2.05) is 0 Å². The molecule has 3 heteroatoms. The van der Waals surface area contributed by atoms with Crippen LogP contribution in [0.15, 0.2) is 0 Å². The lowest BCUT2D eigenvalue weighted by atomic mass is 10.0. The Morgan fingerprint density at radius 1 is 1.43 bits per heavy atom. The Morgan fingerprint density at radius 2 is 2.29 bits per heavy atom. The van der Waals surface area contributed by atoms with Crippen LogP contribution in [0, 0.1) is 0 Å². The average molecular weight is 198 g/mol. The molecule has 82 valence electrons. The van der Waals surface area contributed by atoms with E-state index in [9.17, 15) is 5.11 Å². The standard InChI is InChI=1S/C11H22N2O/c1-2-3-4-9-7-13-8-11(14)5-10(13)6-12-9/h9-12,14H,2-8H2,1H3. The summed E-state index contributed by atoms with van der Waals surface area (Å²) in [4.78, 5) is 2.46. The number of rotatable bonds is 3. The van der Waals surface area contributed by atoms with Gasteiger partial charge in [-0.25, -0.2) is 0 Å². The smallest absolute Gasteiger partial charge is 0.0682 e. The molecule has 0 spiro atoms. The van der Waals surface area contributed by atoms with Crippen molar-refractivity contribution in [3.63, 3.8) is 0 Å². The van der Waals surface area contributed by atoms with E-state index in [-0.39, 0.29) is 6.10 Å². The highest BCUT2D eigenvalue weighted by Crippen LogP contribution is 2.21. The highest BCUT2D eigenvalue weighted by atomic mass is 16.3. The average Bonchev–Trinajstić information content (AvgIpc) is 2.54. The predicted octanol–water partition coefficient (Wildman–Crippen LogP) is 0.584. The first kappa shape index (κ1) is 10.4. The van der Waals surface area contributed by atoms with Crippen molar-refractivity contribution in [3.8, 4) is 0 Å². The van der Waals surface area contributed by atoms with Crippen LogP contribution >= 0.6 is 0 Å². The Kier molecular flexibility index (Phi) is 3.42. The highest BCUT2D eigenvalue weighted by Gasteiger charge is 2.35. The zero-order chi connectivity index (χ0) is 9.97. The molecule has 0 aliphatic carbocycles. The molecule has 0 aromatic carbocycles. The van der Waals surface area contributed by atoms with E-state index in [0.717, 1.165) is 26.1 Å². The molecular weight excluding hydrogens is 176 g/mol. The third-order valence-corrected chi connectivity index (χ3v) is 3.51. The van der Waals surface area contributed by atoms with E-state index >= 15 is 0 Å². The van der Waals surface area contributed by atoms with Gasteiger partial charge in [-0.2, -0.15) is 0 Å². The second-order valence-electron chi connectivity index (χ2n) is 4.74. The van der Waals surface area contributed by atoms with Crippen LogP contribution in [0.1, 0.15) is 32.6 Å². The lowest BCUT2D eigenvalue weighted by molar-refractivity contribution is 0.150. The highest BCUT2D eigenvalue weighted by molar-refractivity contribution is 4.93. The maximum absolute atomic E-state index is 9.55. The minimum atomic E-state index is -0.0771. The molecule has 0 aromatic rings. The van der Waals surface area contributed by atoms with Crippen molar-refractivity contribution in [1.29, 1.82) is 0 Å². The summed E-state index contributed by atoms with van der Waals surface area (Å²) in [6, 6.07) is 1.26. The van der Waals surface area contributed by atoms with Crippen molar-refractivity contribution in [3.05, 3.63) is 0 Å². The van der Waals surface area contributed by atoms with E-state index in [2.05, 4.69) is 17.1 Å². The van der Waals surface area contributed by atoms with E-state index in [1.54, 1.807) is 0 Å². The number of nitrogens with one attached hydrogen (secondary N) is 1. The van der Waals surface area contributed by atoms with Crippen LogP contribution < -0.4 is 5.32 Å². The Labute approximate surface area is 86.5 Å². The maximum atomic E-state index is 9.55. The van der Waals surface area contributed by atoms with Gasteiger partial charge in [0.2, 0.25) is 0 Å². The summed E-state index contributed by atoms with van der Waals surface area (Å²) in [5.41, 5.74) is 0. The second kappa shape index (κ2) is 4.60. The molecule has 2 fully saturated rings. The quantitative estimate of drug-likeness (QED) is 0.696. The number of hydrogen-bond donors (Lipinski definition) is 2. The summed E-state index contributed by atoms with van der Waals surface area (Å²) in [7, 11) is 0. The summed E-state index contributed by atoms with van der Waals surface area (Å²) in [5, 5.41) is 13.1. The Bertz CT molecular complexity index is 186. The van der Waals surface area contributed by atoms with Gasteiger partial charge in [0.25, 0.3) is 0 Å². The topological polar surface area (TPSA) is 35.5 Å². The number of fused-ring (bicyclic) bond motifs is 1. The number of unbranched alkanes of at least 4 members (excludes halogenated alkanes) is 1. The van der Waals surface area contributed by atoms with Crippen LogP contribution in [0.5, 0.6) is 0 Å². The normalized spacial score (nSPS) is 38.6. The van der Waals surface area contributed by atoms with Crippen molar-refractivity contribution < 1.29 is 5.11 Å². The molecule has 2 heterocycles. The van der Waals surface area contributed by atoms with Crippen molar-refractivity contribution in [2.45, 2.75) is 50.8 Å². The zero-order valence-electron chi connectivity index (χ0n) is 9.08. The van der Waals surface area contributed by atoms with Crippen LogP contribution in [0.3, 0.4) is 0 Å². The molecule has 2 N–H and O–H groups in total. The van der Waals surface area contributed by atoms with Crippen molar-refractivity contribution in [1.82, 2.24) is 10.2 Å². The predicted molar refractivity (Wildman–Crippen MR) is 57.3 cm³/mol. The Morgan fingerprint density at radius 3 is 3.07 bits per heavy atom.